The number of aliphatic imine (C=N–C) groups is 1. The lowest BCUT2D eigenvalue weighted by molar-refractivity contribution is -0.122. The average molecular weight is 180 g/mol. The van der Waals surface area contributed by atoms with Crippen LogP contribution in [0.4, 0.5) is 0 Å². The number of hydrogen-bond acceptors (Lipinski definition) is 3. The minimum absolute atomic E-state index is 0.154. The van der Waals surface area contributed by atoms with Crippen molar-refractivity contribution in [2.75, 3.05) is 6.54 Å². The maximum absolute atomic E-state index is 11.3. The lowest BCUT2D eigenvalue weighted by Crippen LogP contribution is -2.29. The van der Waals surface area contributed by atoms with Crippen LogP contribution >= 0.6 is 0 Å². The van der Waals surface area contributed by atoms with Crippen molar-refractivity contribution in [2.45, 2.75) is 20.3 Å². The number of Topliss-reactive ketones (excluding diaryl/α,β-unsaturated/α-hetero) is 1. The van der Waals surface area contributed by atoms with E-state index in [2.05, 4.69) is 10.3 Å². The van der Waals surface area contributed by atoms with Crippen LogP contribution in [0.3, 0.4) is 0 Å². The van der Waals surface area contributed by atoms with Crippen molar-refractivity contribution < 1.29 is 9.59 Å². The van der Waals surface area contributed by atoms with Gasteiger partial charge in [0.15, 0.2) is 5.78 Å². The first-order valence-electron chi connectivity index (χ1n) is 4.20. The summed E-state index contributed by atoms with van der Waals surface area (Å²) >= 11 is 0. The van der Waals surface area contributed by atoms with Crippen LogP contribution in [0.15, 0.2) is 16.8 Å². The normalized spacial score (nSPS) is 16.3. The van der Waals surface area contributed by atoms with E-state index in [-0.39, 0.29) is 23.7 Å². The third kappa shape index (κ3) is 2.24. The molecule has 0 unspecified atom stereocenters. The Hall–Kier alpha value is -1.45. The smallest absolute Gasteiger partial charge is 0.256 e. The van der Waals surface area contributed by atoms with E-state index in [1.807, 2.05) is 0 Å². The molecule has 13 heavy (non-hydrogen) atoms. The van der Waals surface area contributed by atoms with E-state index in [1.165, 1.54) is 6.20 Å². The van der Waals surface area contributed by atoms with E-state index in [0.717, 1.165) is 5.71 Å². The quantitative estimate of drug-likeness (QED) is 0.627. The van der Waals surface area contributed by atoms with Crippen LogP contribution in [0.2, 0.25) is 0 Å². The van der Waals surface area contributed by atoms with Crippen LogP contribution in [0.1, 0.15) is 20.3 Å². The fourth-order valence-corrected chi connectivity index (χ4v) is 1.06. The molecule has 1 N–H and O–H groups in total. The van der Waals surface area contributed by atoms with Crippen molar-refractivity contribution in [3.8, 4) is 0 Å². The standard InChI is InChI=1S/C9H12N2O2/c1-3-10-9(13)7-5-11-6(2)4-8(7)12/h5H,3-4H2,1-2H3,(H,10,13). The third-order valence-electron chi connectivity index (χ3n) is 1.71. The van der Waals surface area contributed by atoms with Crippen molar-refractivity contribution >= 4 is 17.4 Å². The van der Waals surface area contributed by atoms with E-state index in [1.54, 1.807) is 13.8 Å². The SMILES string of the molecule is CCNC(=O)C1=CN=C(C)CC1=O. The number of carbonyl (C=O) groups excluding carboxylic acids is 2. The third-order valence-corrected chi connectivity index (χ3v) is 1.71. The number of rotatable bonds is 2. The molecule has 1 aliphatic rings. The Morgan fingerprint density at radius 1 is 1.69 bits per heavy atom. The average Bonchev–Trinajstić information content (AvgIpc) is 2.04. The molecule has 4 nitrogen and oxygen atoms in total. The van der Waals surface area contributed by atoms with Gasteiger partial charge in [-0.15, -0.1) is 0 Å². The van der Waals surface area contributed by atoms with E-state index in [9.17, 15) is 9.59 Å². The largest absolute Gasteiger partial charge is 0.352 e. The predicted molar refractivity (Wildman–Crippen MR) is 49.5 cm³/mol. The fraction of sp³-hybridized carbons (Fsp3) is 0.444. The highest BCUT2D eigenvalue weighted by molar-refractivity contribution is 6.24. The lowest BCUT2D eigenvalue weighted by atomic mass is 10.0. The molecule has 70 valence electrons. The highest BCUT2D eigenvalue weighted by Crippen LogP contribution is 2.08. The Labute approximate surface area is 76.7 Å². The van der Waals surface area contributed by atoms with Gasteiger partial charge < -0.3 is 5.32 Å². The first-order chi connectivity index (χ1) is 6.15. The molecule has 1 aliphatic heterocycles. The Morgan fingerprint density at radius 3 is 2.92 bits per heavy atom. The molecule has 0 saturated carbocycles. The zero-order valence-corrected chi connectivity index (χ0v) is 7.76. The van der Waals surface area contributed by atoms with Crippen molar-refractivity contribution in [3.05, 3.63) is 11.8 Å². The van der Waals surface area contributed by atoms with Crippen LogP contribution in [-0.2, 0) is 9.59 Å². The van der Waals surface area contributed by atoms with Crippen molar-refractivity contribution in [3.63, 3.8) is 0 Å². The number of nitrogens with zero attached hydrogens (tertiary/aromatic N) is 1. The zero-order chi connectivity index (χ0) is 9.84. The fourth-order valence-electron chi connectivity index (χ4n) is 1.06. The van der Waals surface area contributed by atoms with Gasteiger partial charge in [-0.05, 0) is 13.8 Å². The topological polar surface area (TPSA) is 58.5 Å². The highest BCUT2D eigenvalue weighted by Gasteiger charge is 2.20. The minimum atomic E-state index is -0.330. The Morgan fingerprint density at radius 2 is 2.38 bits per heavy atom. The Kier molecular flexibility index (Phi) is 2.95. The molecular weight excluding hydrogens is 168 g/mol. The molecule has 0 aliphatic carbocycles. The Balaban J connectivity index is 2.79. The van der Waals surface area contributed by atoms with Crippen LogP contribution in [0.25, 0.3) is 0 Å². The number of nitrogens with one attached hydrogen (secondary N) is 1. The predicted octanol–water partition coefficient (Wildman–Crippen LogP) is 0.440. The number of ketones is 1. The highest BCUT2D eigenvalue weighted by atomic mass is 16.2. The van der Waals surface area contributed by atoms with Crippen LogP contribution in [-0.4, -0.2) is 23.9 Å². The van der Waals surface area contributed by atoms with Gasteiger partial charge in [0, 0.05) is 24.9 Å². The number of hydrogen-bond donors (Lipinski definition) is 1. The summed E-state index contributed by atoms with van der Waals surface area (Å²) in [6.07, 6.45) is 1.59. The summed E-state index contributed by atoms with van der Waals surface area (Å²) in [5.74, 6) is -0.484. The molecule has 4 heteroatoms. The second-order valence-corrected chi connectivity index (χ2v) is 2.87. The summed E-state index contributed by atoms with van der Waals surface area (Å²) in [7, 11) is 0. The van der Waals surface area contributed by atoms with Crippen molar-refractivity contribution in [1.82, 2.24) is 5.32 Å². The lowest BCUT2D eigenvalue weighted by Gasteiger charge is -2.09. The van der Waals surface area contributed by atoms with E-state index in [4.69, 9.17) is 0 Å². The first-order valence-corrected chi connectivity index (χ1v) is 4.20. The van der Waals surface area contributed by atoms with Gasteiger partial charge in [0.1, 0.15) is 5.57 Å². The molecule has 1 amide bonds. The minimum Gasteiger partial charge on any atom is -0.352 e. The number of likely N-dealkylation sites (N-methyl/N-ethyl adjacent to an activating group) is 1. The van der Waals surface area contributed by atoms with Crippen molar-refractivity contribution in [1.29, 1.82) is 0 Å². The molecule has 0 radical (unpaired) electrons. The van der Waals surface area contributed by atoms with Crippen LogP contribution in [0.5, 0.6) is 0 Å². The summed E-state index contributed by atoms with van der Waals surface area (Å²) in [6.45, 7) is 4.09. The van der Waals surface area contributed by atoms with Gasteiger partial charge in [-0.2, -0.15) is 0 Å². The molecule has 0 fully saturated rings. The summed E-state index contributed by atoms with van der Waals surface area (Å²) in [4.78, 5) is 26.5. The van der Waals surface area contributed by atoms with Gasteiger partial charge in [0.2, 0.25) is 0 Å². The van der Waals surface area contributed by atoms with Gasteiger partial charge in [-0.25, -0.2) is 0 Å². The number of carbonyl (C=O) groups is 2. The van der Waals surface area contributed by atoms with Crippen molar-refractivity contribution in [2.24, 2.45) is 4.99 Å². The molecule has 1 heterocycles. The maximum Gasteiger partial charge on any atom is 0.256 e. The Bertz CT molecular complexity index is 303. The molecule has 0 atom stereocenters. The molecule has 0 spiro atoms. The van der Waals surface area contributed by atoms with Crippen LogP contribution in [0, 0.1) is 0 Å². The second-order valence-electron chi connectivity index (χ2n) is 2.87. The summed E-state index contributed by atoms with van der Waals surface area (Å²) in [5.41, 5.74) is 0.908. The van der Waals surface area contributed by atoms with Gasteiger partial charge >= 0.3 is 0 Å². The summed E-state index contributed by atoms with van der Waals surface area (Å²) in [6, 6.07) is 0. The molecule has 0 aromatic carbocycles. The molecule has 0 aromatic heterocycles. The molecule has 1 rings (SSSR count). The number of amides is 1. The second kappa shape index (κ2) is 3.98. The van der Waals surface area contributed by atoms with E-state index < -0.39 is 0 Å². The van der Waals surface area contributed by atoms with Crippen LogP contribution < -0.4 is 5.32 Å². The van der Waals surface area contributed by atoms with E-state index >= 15 is 0 Å². The van der Waals surface area contributed by atoms with Gasteiger partial charge in [0.25, 0.3) is 5.91 Å². The van der Waals surface area contributed by atoms with Gasteiger partial charge in [-0.1, -0.05) is 0 Å². The summed E-state index contributed by atoms with van der Waals surface area (Å²) < 4.78 is 0. The van der Waals surface area contributed by atoms with Gasteiger partial charge in [0.05, 0.1) is 0 Å². The molecule has 0 saturated heterocycles. The summed E-state index contributed by atoms with van der Waals surface area (Å²) in [5, 5.41) is 2.56. The molecular formula is C9H12N2O2. The van der Waals surface area contributed by atoms with E-state index in [0.29, 0.717) is 6.54 Å². The monoisotopic (exact) mass is 180 g/mol. The molecule has 0 aromatic rings. The maximum atomic E-state index is 11.3. The molecule has 0 bridgehead atoms. The van der Waals surface area contributed by atoms with Gasteiger partial charge in [-0.3, -0.25) is 14.6 Å². The first kappa shape index (κ1) is 9.64. The zero-order valence-electron chi connectivity index (χ0n) is 7.76.